The van der Waals surface area contributed by atoms with E-state index in [4.69, 9.17) is 4.74 Å². The Bertz CT molecular complexity index is 497. The van der Waals surface area contributed by atoms with E-state index >= 15 is 0 Å². The highest BCUT2D eigenvalue weighted by Crippen LogP contribution is 2.26. The SMILES string of the molecule is Cc1ccccc1OCCCC(=O)N1C[C@H]2CNC[C@H]2C1.Cl. The molecule has 2 atom stereocenters. The Balaban J connectivity index is 0.00000176. The van der Waals surface area contributed by atoms with Gasteiger partial charge in [0.05, 0.1) is 6.61 Å². The molecule has 0 spiro atoms. The number of para-hydroxylation sites is 1. The van der Waals surface area contributed by atoms with Gasteiger partial charge in [0.15, 0.2) is 0 Å². The number of ether oxygens (including phenoxy) is 1. The summed E-state index contributed by atoms with van der Waals surface area (Å²) < 4.78 is 5.74. The molecule has 122 valence electrons. The molecule has 2 fully saturated rings. The first-order chi connectivity index (χ1) is 10.2. The molecule has 0 bridgehead atoms. The quantitative estimate of drug-likeness (QED) is 0.845. The molecule has 1 aromatic carbocycles. The van der Waals surface area contributed by atoms with Crippen molar-refractivity contribution in [2.45, 2.75) is 19.8 Å². The lowest BCUT2D eigenvalue weighted by molar-refractivity contribution is -0.130. The number of likely N-dealkylation sites (tertiary alicyclic amines) is 1. The molecule has 0 unspecified atom stereocenters. The van der Waals surface area contributed by atoms with E-state index in [9.17, 15) is 4.79 Å². The van der Waals surface area contributed by atoms with E-state index in [1.54, 1.807) is 0 Å². The van der Waals surface area contributed by atoms with E-state index in [1.165, 1.54) is 0 Å². The summed E-state index contributed by atoms with van der Waals surface area (Å²) in [6.45, 7) is 6.68. The first-order valence-corrected chi connectivity index (χ1v) is 7.91. The number of fused-ring (bicyclic) bond motifs is 1. The Labute approximate surface area is 138 Å². The average Bonchev–Trinajstić information content (AvgIpc) is 3.06. The number of amides is 1. The van der Waals surface area contributed by atoms with E-state index in [1.807, 2.05) is 36.1 Å². The van der Waals surface area contributed by atoms with Crippen LogP contribution in [0.2, 0.25) is 0 Å². The fourth-order valence-electron chi connectivity index (χ4n) is 3.34. The van der Waals surface area contributed by atoms with Crippen LogP contribution in [0.25, 0.3) is 0 Å². The van der Waals surface area contributed by atoms with Crippen molar-refractivity contribution in [3.8, 4) is 5.75 Å². The minimum absolute atomic E-state index is 0. The van der Waals surface area contributed by atoms with Crippen LogP contribution >= 0.6 is 12.4 Å². The third kappa shape index (κ3) is 3.93. The molecule has 4 nitrogen and oxygen atoms in total. The number of benzene rings is 1. The molecule has 2 aliphatic heterocycles. The van der Waals surface area contributed by atoms with E-state index in [0.717, 1.165) is 43.9 Å². The van der Waals surface area contributed by atoms with Crippen LogP contribution in [0.15, 0.2) is 24.3 Å². The Morgan fingerprint density at radius 3 is 2.64 bits per heavy atom. The van der Waals surface area contributed by atoms with Gasteiger partial charge in [-0.25, -0.2) is 0 Å². The summed E-state index contributed by atoms with van der Waals surface area (Å²) in [6.07, 6.45) is 1.38. The smallest absolute Gasteiger partial charge is 0.222 e. The summed E-state index contributed by atoms with van der Waals surface area (Å²) in [7, 11) is 0. The van der Waals surface area contributed by atoms with Crippen LogP contribution in [-0.2, 0) is 4.79 Å². The lowest BCUT2D eigenvalue weighted by Gasteiger charge is -2.17. The summed E-state index contributed by atoms with van der Waals surface area (Å²) in [5.41, 5.74) is 1.14. The van der Waals surface area contributed by atoms with Crippen LogP contribution in [0.4, 0.5) is 0 Å². The lowest BCUT2D eigenvalue weighted by Crippen LogP contribution is -2.31. The molecule has 2 aliphatic rings. The lowest BCUT2D eigenvalue weighted by atomic mass is 10.0. The Morgan fingerprint density at radius 2 is 1.95 bits per heavy atom. The van der Waals surface area contributed by atoms with Crippen molar-refractivity contribution < 1.29 is 9.53 Å². The molecule has 3 rings (SSSR count). The first-order valence-electron chi connectivity index (χ1n) is 7.91. The zero-order chi connectivity index (χ0) is 14.7. The van der Waals surface area contributed by atoms with Gasteiger partial charge in [-0.1, -0.05) is 18.2 Å². The van der Waals surface area contributed by atoms with Gasteiger partial charge in [0.2, 0.25) is 5.91 Å². The number of aryl methyl sites for hydroxylation is 1. The molecule has 1 N–H and O–H groups in total. The van der Waals surface area contributed by atoms with Crippen LogP contribution in [-0.4, -0.2) is 43.6 Å². The summed E-state index contributed by atoms with van der Waals surface area (Å²) in [6, 6.07) is 8.00. The molecule has 0 saturated carbocycles. The second-order valence-corrected chi connectivity index (χ2v) is 6.19. The summed E-state index contributed by atoms with van der Waals surface area (Å²) in [4.78, 5) is 14.3. The number of hydrogen-bond donors (Lipinski definition) is 1. The van der Waals surface area contributed by atoms with Gasteiger partial charge in [0.25, 0.3) is 0 Å². The zero-order valence-electron chi connectivity index (χ0n) is 13.1. The number of halogens is 1. The Kier molecular flexibility index (Phi) is 6.09. The Morgan fingerprint density at radius 1 is 1.27 bits per heavy atom. The number of nitrogens with zero attached hydrogens (tertiary/aromatic N) is 1. The highest BCUT2D eigenvalue weighted by Gasteiger charge is 2.37. The number of hydrogen-bond acceptors (Lipinski definition) is 3. The zero-order valence-corrected chi connectivity index (χ0v) is 13.9. The standard InChI is InChI=1S/C17H24N2O2.ClH/c1-13-5-2-3-6-16(13)21-8-4-7-17(20)19-11-14-9-18-10-15(14)12-19;/h2-3,5-6,14-15,18H,4,7-12H2,1H3;1H/t14-,15+;. The van der Waals surface area contributed by atoms with Crippen molar-refractivity contribution in [2.24, 2.45) is 11.8 Å². The van der Waals surface area contributed by atoms with Gasteiger partial charge in [-0.05, 0) is 36.8 Å². The van der Waals surface area contributed by atoms with Crippen molar-refractivity contribution in [1.82, 2.24) is 10.2 Å². The minimum Gasteiger partial charge on any atom is -0.493 e. The topological polar surface area (TPSA) is 41.6 Å². The maximum absolute atomic E-state index is 12.2. The predicted molar refractivity (Wildman–Crippen MR) is 89.6 cm³/mol. The van der Waals surface area contributed by atoms with Crippen LogP contribution < -0.4 is 10.1 Å². The number of carbonyl (C=O) groups is 1. The fourth-order valence-corrected chi connectivity index (χ4v) is 3.34. The second kappa shape index (κ2) is 7.84. The molecule has 1 aromatic rings. The van der Waals surface area contributed by atoms with Crippen molar-refractivity contribution in [3.05, 3.63) is 29.8 Å². The molecule has 5 heteroatoms. The summed E-state index contributed by atoms with van der Waals surface area (Å²) in [5, 5.41) is 3.40. The Hall–Kier alpha value is -1.26. The van der Waals surface area contributed by atoms with Crippen molar-refractivity contribution in [1.29, 1.82) is 0 Å². The highest BCUT2D eigenvalue weighted by atomic mass is 35.5. The van der Waals surface area contributed by atoms with Gasteiger partial charge in [-0.15, -0.1) is 12.4 Å². The third-order valence-electron chi connectivity index (χ3n) is 4.63. The summed E-state index contributed by atoms with van der Waals surface area (Å²) >= 11 is 0. The van der Waals surface area contributed by atoms with Crippen molar-refractivity contribution in [3.63, 3.8) is 0 Å². The normalized spacial score (nSPS) is 23.0. The van der Waals surface area contributed by atoms with Crippen molar-refractivity contribution in [2.75, 3.05) is 32.8 Å². The summed E-state index contributed by atoms with van der Waals surface area (Å²) in [5.74, 6) is 2.57. The average molecular weight is 325 g/mol. The minimum atomic E-state index is 0. The monoisotopic (exact) mass is 324 g/mol. The van der Waals surface area contributed by atoms with Crippen LogP contribution in [0.5, 0.6) is 5.75 Å². The molecule has 0 radical (unpaired) electrons. The van der Waals surface area contributed by atoms with Crippen LogP contribution in [0.1, 0.15) is 18.4 Å². The van der Waals surface area contributed by atoms with Gasteiger partial charge >= 0.3 is 0 Å². The largest absolute Gasteiger partial charge is 0.493 e. The van der Waals surface area contributed by atoms with Gasteiger partial charge in [0, 0.05) is 32.6 Å². The second-order valence-electron chi connectivity index (χ2n) is 6.19. The van der Waals surface area contributed by atoms with E-state index in [2.05, 4.69) is 5.32 Å². The number of carbonyl (C=O) groups excluding carboxylic acids is 1. The third-order valence-corrected chi connectivity index (χ3v) is 4.63. The van der Waals surface area contributed by atoms with E-state index < -0.39 is 0 Å². The molecular weight excluding hydrogens is 300 g/mol. The molecular formula is C17H25ClN2O2. The number of nitrogens with one attached hydrogen (secondary N) is 1. The van der Waals surface area contributed by atoms with Crippen LogP contribution in [0, 0.1) is 18.8 Å². The fraction of sp³-hybridized carbons (Fsp3) is 0.588. The first kappa shape index (κ1) is 17.1. The maximum atomic E-state index is 12.2. The van der Waals surface area contributed by atoms with Gasteiger partial charge in [-0.2, -0.15) is 0 Å². The molecule has 0 aromatic heterocycles. The van der Waals surface area contributed by atoms with Gasteiger partial charge in [0.1, 0.15) is 5.75 Å². The molecule has 1 amide bonds. The number of rotatable bonds is 5. The molecule has 0 aliphatic carbocycles. The van der Waals surface area contributed by atoms with E-state index in [-0.39, 0.29) is 18.3 Å². The molecule has 22 heavy (non-hydrogen) atoms. The molecule has 2 heterocycles. The highest BCUT2D eigenvalue weighted by molar-refractivity contribution is 5.85. The maximum Gasteiger partial charge on any atom is 0.222 e. The van der Waals surface area contributed by atoms with Crippen molar-refractivity contribution >= 4 is 18.3 Å². The molecule has 2 saturated heterocycles. The van der Waals surface area contributed by atoms with E-state index in [0.29, 0.717) is 24.9 Å². The predicted octanol–water partition coefficient (Wildman–Crippen LogP) is 2.25. The van der Waals surface area contributed by atoms with Crippen LogP contribution in [0.3, 0.4) is 0 Å². The van der Waals surface area contributed by atoms with Gasteiger partial charge in [-0.3, -0.25) is 4.79 Å². The van der Waals surface area contributed by atoms with Gasteiger partial charge < -0.3 is 15.0 Å².